The van der Waals surface area contributed by atoms with Crippen molar-refractivity contribution < 1.29 is 13.2 Å². The summed E-state index contributed by atoms with van der Waals surface area (Å²) in [5.74, 6) is 0.325. The summed E-state index contributed by atoms with van der Waals surface area (Å²) in [7, 11) is -3.00. The van der Waals surface area contributed by atoms with E-state index in [9.17, 15) is 13.2 Å². The van der Waals surface area contributed by atoms with Gasteiger partial charge in [-0.2, -0.15) is 0 Å². The SMILES string of the molecule is CCN(C(=O)[C@H](C)N1CCN(c2cccc(Cl)c2)CC1)[C@@H]1CCS(=O)(=O)C1. The number of carbonyl (C=O) groups is 1. The third-order valence-corrected chi connectivity index (χ3v) is 7.65. The van der Waals surface area contributed by atoms with Crippen LogP contribution >= 0.6 is 11.6 Å². The van der Waals surface area contributed by atoms with Crippen molar-refractivity contribution in [3.05, 3.63) is 29.3 Å². The lowest BCUT2D eigenvalue weighted by Crippen LogP contribution is -2.56. The van der Waals surface area contributed by atoms with Crippen molar-refractivity contribution in [3.8, 4) is 0 Å². The van der Waals surface area contributed by atoms with E-state index >= 15 is 0 Å². The Hall–Kier alpha value is -1.31. The summed E-state index contributed by atoms with van der Waals surface area (Å²) in [5, 5.41) is 0.726. The van der Waals surface area contributed by atoms with Crippen molar-refractivity contribution in [2.45, 2.75) is 32.4 Å². The molecule has 0 aromatic heterocycles. The van der Waals surface area contributed by atoms with Gasteiger partial charge in [0.25, 0.3) is 0 Å². The third-order valence-electron chi connectivity index (χ3n) is 5.67. The second kappa shape index (κ2) is 8.37. The van der Waals surface area contributed by atoms with Crippen LogP contribution in [0.15, 0.2) is 24.3 Å². The van der Waals surface area contributed by atoms with Gasteiger partial charge in [-0.05, 0) is 38.5 Å². The van der Waals surface area contributed by atoms with Crippen LogP contribution in [0.3, 0.4) is 0 Å². The molecule has 0 unspecified atom stereocenters. The molecule has 150 valence electrons. The highest BCUT2D eigenvalue weighted by Gasteiger charge is 2.37. The van der Waals surface area contributed by atoms with Crippen LogP contribution in [0.2, 0.25) is 5.02 Å². The van der Waals surface area contributed by atoms with Gasteiger partial charge >= 0.3 is 0 Å². The van der Waals surface area contributed by atoms with Crippen LogP contribution in [0, 0.1) is 0 Å². The lowest BCUT2D eigenvalue weighted by molar-refractivity contribution is -0.138. The van der Waals surface area contributed by atoms with Crippen molar-refractivity contribution in [2.24, 2.45) is 0 Å². The van der Waals surface area contributed by atoms with Crippen LogP contribution in [-0.4, -0.2) is 80.4 Å². The van der Waals surface area contributed by atoms with E-state index in [0.717, 1.165) is 36.9 Å². The van der Waals surface area contributed by atoms with Crippen molar-refractivity contribution >= 4 is 33.0 Å². The predicted octanol–water partition coefficient (Wildman–Crippen LogP) is 1.89. The Bertz CT molecular complexity index is 778. The first-order valence-electron chi connectivity index (χ1n) is 9.56. The van der Waals surface area contributed by atoms with Crippen LogP contribution < -0.4 is 4.90 Å². The zero-order chi connectivity index (χ0) is 19.6. The first-order valence-corrected chi connectivity index (χ1v) is 11.8. The molecule has 8 heteroatoms. The number of amides is 1. The van der Waals surface area contributed by atoms with Crippen LogP contribution in [0.25, 0.3) is 0 Å². The van der Waals surface area contributed by atoms with E-state index in [0.29, 0.717) is 13.0 Å². The molecule has 1 aromatic carbocycles. The van der Waals surface area contributed by atoms with Crippen molar-refractivity contribution in [1.82, 2.24) is 9.80 Å². The molecular formula is C19H28ClN3O3S. The molecule has 2 aliphatic heterocycles. The average molecular weight is 414 g/mol. The topological polar surface area (TPSA) is 60.9 Å². The number of nitrogens with zero attached hydrogens (tertiary/aromatic N) is 3. The first-order chi connectivity index (χ1) is 12.8. The number of hydrogen-bond donors (Lipinski definition) is 0. The number of piperazine rings is 1. The van der Waals surface area contributed by atoms with Gasteiger partial charge < -0.3 is 9.80 Å². The molecule has 1 amide bonds. The number of rotatable bonds is 5. The van der Waals surface area contributed by atoms with E-state index in [2.05, 4.69) is 15.9 Å². The zero-order valence-corrected chi connectivity index (χ0v) is 17.5. The number of likely N-dealkylation sites (N-methyl/N-ethyl adjacent to an activating group) is 1. The number of sulfone groups is 1. The summed E-state index contributed by atoms with van der Waals surface area (Å²) in [6.07, 6.45) is 0.553. The number of anilines is 1. The molecule has 6 nitrogen and oxygen atoms in total. The second-order valence-corrected chi connectivity index (χ2v) is 10.0. The largest absolute Gasteiger partial charge is 0.369 e. The normalized spacial score (nSPS) is 24.0. The fourth-order valence-electron chi connectivity index (χ4n) is 4.05. The van der Waals surface area contributed by atoms with Gasteiger partial charge in [-0.25, -0.2) is 8.42 Å². The van der Waals surface area contributed by atoms with E-state index in [4.69, 9.17) is 11.6 Å². The van der Waals surface area contributed by atoms with Gasteiger partial charge in [0.15, 0.2) is 9.84 Å². The minimum absolute atomic E-state index is 0.0378. The van der Waals surface area contributed by atoms with Gasteiger partial charge in [-0.15, -0.1) is 0 Å². The van der Waals surface area contributed by atoms with E-state index in [-0.39, 0.29) is 29.5 Å². The van der Waals surface area contributed by atoms with Crippen LogP contribution in [0.4, 0.5) is 5.69 Å². The maximum atomic E-state index is 13.0. The number of carbonyl (C=O) groups excluding carboxylic acids is 1. The van der Waals surface area contributed by atoms with Crippen LogP contribution in [0.1, 0.15) is 20.3 Å². The molecule has 0 spiro atoms. The number of benzene rings is 1. The fourth-order valence-corrected chi connectivity index (χ4v) is 5.97. The molecule has 27 heavy (non-hydrogen) atoms. The Morgan fingerprint density at radius 2 is 2.00 bits per heavy atom. The Kier molecular flexibility index (Phi) is 6.33. The molecule has 1 aromatic rings. The van der Waals surface area contributed by atoms with E-state index in [1.807, 2.05) is 32.0 Å². The summed E-state index contributed by atoms with van der Waals surface area (Å²) in [6, 6.07) is 7.41. The van der Waals surface area contributed by atoms with Crippen molar-refractivity contribution in [3.63, 3.8) is 0 Å². The number of hydrogen-bond acceptors (Lipinski definition) is 5. The van der Waals surface area contributed by atoms with Crippen molar-refractivity contribution in [2.75, 3.05) is 49.1 Å². The molecule has 0 bridgehead atoms. The van der Waals surface area contributed by atoms with Gasteiger partial charge in [0.05, 0.1) is 17.5 Å². The minimum Gasteiger partial charge on any atom is -0.369 e. The summed E-state index contributed by atoms with van der Waals surface area (Å²) in [6.45, 7) is 7.66. The Balaban J connectivity index is 1.59. The summed E-state index contributed by atoms with van der Waals surface area (Å²) in [4.78, 5) is 19.3. The molecule has 0 N–H and O–H groups in total. The Labute approximate surface area is 167 Å². The highest BCUT2D eigenvalue weighted by molar-refractivity contribution is 7.91. The van der Waals surface area contributed by atoms with Gasteiger partial charge in [0.1, 0.15) is 0 Å². The second-order valence-electron chi connectivity index (χ2n) is 7.36. The summed E-state index contributed by atoms with van der Waals surface area (Å²) < 4.78 is 23.6. The minimum atomic E-state index is -3.00. The van der Waals surface area contributed by atoms with E-state index in [1.165, 1.54) is 0 Å². The molecular weight excluding hydrogens is 386 g/mol. The van der Waals surface area contributed by atoms with Gasteiger partial charge in [-0.3, -0.25) is 9.69 Å². The van der Waals surface area contributed by atoms with E-state index in [1.54, 1.807) is 4.90 Å². The number of halogens is 1. The van der Waals surface area contributed by atoms with Gasteiger partial charge in [-0.1, -0.05) is 17.7 Å². The smallest absolute Gasteiger partial charge is 0.239 e. The molecule has 0 radical (unpaired) electrons. The van der Waals surface area contributed by atoms with E-state index < -0.39 is 9.84 Å². The highest BCUT2D eigenvalue weighted by atomic mass is 35.5. The van der Waals surface area contributed by atoms with Gasteiger partial charge in [0, 0.05) is 49.5 Å². The molecule has 0 aliphatic carbocycles. The molecule has 2 heterocycles. The lowest BCUT2D eigenvalue weighted by atomic mass is 10.1. The van der Waals surface area contributed by atoms with Crippen LogP contribution in [0.5, 0.6) is 0 Å². The molecule has 2 saturated heterocycles. The predicted molar refractivity (Wildman–Crippen MR) is 109 cm³/mol. The molecule has 2 aliphatic rings. The molecule has 3 rings (SSSR count). The van der Waals surface area contributed by atoms with Crippen LogP contribution in [-0.2, 0) is 14.6 Å². The Morgan fingerprint density at radius 1 is 1.30 bits per heavy atom. The lowest BCUT2D eigenvalue weighted by Gasteiger charge is -2.40. The monoisotopic (exact) mass is 413 g/mol. The maximum Gasteiger partial charge on any atom is 0.239 e. The highest BCUT2D eigenvalue weighted by Crippen LogP contribution is 2.23. The Morgan fingerprint density at radius 3 is 2.56 bits per heavy atom. The summed E-state index contributed by atoms with van der Waals surface area (Å²) >= 11 is 6.09. The fraction of sp³-hybridized carbons (Fsp3) is 0.632. The maximum absolute atomic E-state index is 13.0. The van der Waals surface area contributed by atoms with Crippen molar-refractivity contribution in [1.29, 1.82) is 0 Å². The first kappa shape index (κ1) is 20.4. The quantitative estimate of drug-likeness (QED) is 0.737. The third kappa shape index (κ3) is 4.76. The molecule has 0 saturated carbocycles. The standard InChI is InChI=1S/C19H28ClN3O3S/c1-3-23(18-7-12-27(25,26)14-18)19(24)15(2)21-8-10-22(11-9-21)17-6-4-5-16(20)13-17/h4-6,13,15,18H,3,7-12,14H2,1-2H3/t15-,18+/m0/s1. The average Bonchev–Trinajstić information content (AvgIpc) is 3.01. The molecule has 2 atom stereocenters. The van der Waals surface area contributed by atoms with Gasteiger partial charge in [0.2, 0.25) is 5.91 Å². The zero-order valence-electron chi connectivity index (χ0n) is 16.0. The summed E-state index contributed by atoms with van der Waals surface area (Å²) in [5.41, 5.74) is 1.10. The molecule has 2 fully saturated rings.